The summed E-state index contributed by atoms with van der Waals surface area (Å²) in [5, 5.41) is 2.07. The monoisotopic (exact) mass is 412 g/mol. The zero-order valence-corrected chi connectivity index (χ0v) is 16.4. The topological polar surface area (TPSA) is 25.8 Å². The van der Waals surface area contributed by atoms with E-state index in [-0.39, 0.29) is 0 Å². The van der Waals surface area contributed by atoms with Gasteiger partial charge in [-0.1, -0.05) is 53.2 Å². The van der Waals surface area contributed by atoms with Crippen molar-refractivity contribution in [2.24, 2.45) is 0 Å². The Balaban J connectivity index is 1.83. The van der Waals surface area contributed by atoms with Crippen LogP contribution < -0.4 is 0 Å². The molecule has 26 heavy (non-hydrogen) atoms. The molecule has 0 unspecified atom stereocenters. The van der Waals surface area contributed by atoms with E-state index in [1.54, 1.807) is 35.5 Å². The maximum Gasteiger partial charge on any atom is 0.124 e. The van der Waals surface area contributed by atoms with Gasteiger partial charge in [0.15, 0.2) is 0 Å². The largest absolute Gasteiger partial charge is 0.265 e. The summed E-state index contributed by atoms with van der Waals surface area (Å²) in [7, 11) is 0. The van der Waals surface area contributed by atoms with E-state index >= 15 is 0 Å². The second kappa shape index (κ2) is 6.39. The fourth-order valence-corrected chi connectivity index (χ4v) is 5.65. The van der Waals surface area contributed by atoms with E-state index < -0.39 is 0 Å². The van der Waals surface area contributed by atoms with Crippen molar-refractivity contribution in [2.45, 2.75) is 9.79 Å². The number of hydrogen-bond acceptors (Lipinski definition) is 4. The van der Waals surface area contributed by atoms with Gasteiger partial charge in [0.25, 0.3) is 0 Å². The average molecular weight is 413 g/mol. The van der Waals surface area contributed by atoms with E-state index in [4.69, 9.17) is 28.2 Å². The summed E-state index contributed by atoms with van der Waals surface area (Å²) in [6.45, 7) is 0. The number of pyridine rings is 1. The summed E-state index contributed by atoms with van der Waals surface area (Å²) >= 11 is 16.0. The zero-order chi connectivity index (χ0) is 17.7. The molecule has 0 radical (unpaired) electrons. The Bertz CT molecular complexity index is 1140. The molecular weight excluding hydrogens is 403 g/mol. The lowest BCUT2D eigenvalue weighted by Crippen LogP contribution is -1.85. The molecule has 0 amide bonds. The summed E-state index contributed by atoms with van der Waals surface area (Å²) < 4.78 is 0. The third-order valence-electron chi connectivity index (χ3n) is 4.18. The molecule has 0 atom stereocenters. The minimum Gasteiger partial charge on any atom is -0.265 e. The van der Waals surface area contributed by atoms with Crippen LogP contribution in [0.1, 0.15) is 0 Å². The SMILES string of the molecule is Clc1cc2c(cc1Cl)-c1nc(-c3ccncc3)sc1-c1ccccc1S2. The Morgan fingerprint density at radius 3 is 2.42 bits per heavy atom. The molecule has 2 nitrogen and oxygen atoms in total. The van der Waals surface area contributed by atoms with Gasteiger partial charge in [-0.3, -0.25) is 4.98 Å². The highest BCUT2D eigenvalue weighted by Crippen LogP contribution is 2.52. The molecule has 0 N–H and O–H groups in total. The van der Waals surface area contributed by atoms with Crippen LogP contribution in [0.5, 0.6) is 0 Å². The van der Waals surface area contributed by atoms with Crippen molar-refractivity contribution in [3.63, 3.8) is 0 Å². The first kappa shape index (κ1) is 16.3. The Morgan fingerprint density at radius 1 is 0.808 bits per heavy atom. The van der Waals surface area contributed by atoms with E-state index in [2.05, 4.69) is 29.2 Å². The number of hydrogen-bond donors (Lipinski definition) is 0. The number of halogens is 2. The van der Waals surface area contributed by atoms with E-state index in [1.807, 2.05) is 24.3 Å². The number of rotatable bonds is 1. The highest BCUT2D eigenvalue weighted by atomic mass is 35.5. The van der Waals surface area contributed by atoms with E-state index in [0.717, 1.165) is 31.6 Å². The van der Waals surface area contributed by atoms with Gasteiger partial charge < -0.3 is 0 Å². The fourth-order valence-electron chi connectivity index (χ4n) is 2.96. The lowest BCUT2D eigenvalue weighted by atomic mass is 10.1. The van der Waals surface area contributed by atoms with Crippen molar-refractivity contribution < 1.29 is 0 Å². The van der Waals surface area contributed by atoms with Crippen molar-refractivity contribution in [1.82, 2.24) is 9.97 Å². The molecule has 1 aliphatic rings. The molecule has 126 valence electrons. The second-order valence-electron chi connectivity index (χ2n) is 5.79. The third kappa shape index (κ3) is 2.65. The average Bonchev–Trinajstić information content (AvgIpc) is 3.06. The van der Waals surface area contributed by atoms with Gasteiger partial charge in [-0.15, -0.1) is 11.3 Å². The van der Waals surface area contributed by atoms with Crippen LogP contribution in [0.3, 0.4) is 0 Å². The Kier molecular flexibility index (Phi) is 4.02. The van der Waals surface area contributed by atoms with E-state index in [9.17, 15) is 0 Å². The van der Waals surface area contributed by atoms with Crippen LogP contribution in [-0.4, -0.2) is 9.97 Å². The molecule has 0 bridgehead atoms. The van der Waals surface area contributed by atoms with Crippen LogP contribution in [0, 0.1) is 0 Å². The lowest BCUT2D eigenvalue weighted by molar-refractivity contribution is 1.31. The van der Waals surface area contributed by atoms with Gasteiger partial charge in [0, 0.05) is 38.9 Å². The second-order valence-corrected chi connectivity index (χ2v) is 8.69. The van der Waals surface area contributed by atoms with Crippen LogP contribution in [0.2, 0.25) is 10.0 Å². The predicted octanol–water partition coefficient (Wildman–Crippen LogP) is 7.31. The first-order valence-corrected chi connectivity index (χ1v) is 10.3. The predicted molar refractivity (Wildman–Crippen MR) is 110 cm³/mol. The van der Waals surface area contributed by atoms with Crippen molar-refractivity contribution in [2.75, 3.05) is 0 Å². The molecule has 6 heteroatoms. The summed E-state index contributed by atoms with van der Waals surface area (Å²) in [4.78, 5) is 12.5. The minimum atomic E-state index is 0.543. The molecule has 0 fully saturated rings. The molecule has 0 saturated carbocycles. The van der Waals surface area contributed by atoms with Crippen LogP contribution in [-0.2, 0) is 0 Å². The summed E-state index contributed by atoms with van der Waals surface area (Å²) in [5.74, 6) is 0. The molecule has 1 aliphatic heterocycles. The van der Waals surface area contributed by atoms with Gasteiger partial charge in [-0.05, 0) is 30.3 Å². The summed E-state index contributed by atoms with van der Waals surface area (Å²) in [5.41, 5.74) is 4.22. The van der Waals surface area contributed by atoms with Crippen LogP contribution in [0.15, 0.2) is 70.7 Å². The van der Waals surface area contributed by atoms with E-state index in [0.29, 0.717) is 10.0 Å². The summed E-state index contributed by atoms with van der Waals surface area (Å²) in [6, 6.07) is 16.2. The van der Waals surface area contributed by atoms with Crippen molar-refractivity contribution in [3.8, 4) is 32.3 Å². The molecule has 0 saturated heterocycles. The maximum absolute atomic E-state index is 6.33. The highest BCUT2D eigenvalue weighted by molar-refractivity contribution is 7.99. The number of aromatic nitrogens is 2. The number of fused-ring (bicyclic) bond motifs is 5. The van der Waals surface area contributed by atoms with Gasteiger partial charge in [0.2, 0.25) is 0 Å². The number of thiazole rings is 1. The smallest absolute Gasteiger partial charge is 0.124 e. The van der Waals surface area contributed by atoms with Crippen LogP contribution in [0.4, 0.5) is 0 Å². The van der Waals surface area contributed by atoms with Gasteiger partial charge in [-0.2, -0.15) is 0 Å². The molecule has 0 aliphatic carbocycles. The number of benzene rings is 2. The molecule has 4 aromatic rings. The molecule has 5 rings (SSSR count). The van der Waals surface area contributed by atoms with Crippen LogP contribution >= 0.6 is 46.3 Å². The van der Waals surface area contributed by atoms with Crippen molar-refractivity contribution in [3.05, 3.63) is 71.0 Å². The Morgan fingerprint density at radius 2 is 1.58 bits per heavy atom. The fraction of sp³-hybridized carbons (Fsp3) is 0. The molecule has 2 aromatic carbocycles. The molecule has 3 heterocycles. The van der Waals surface area contributed by atoms with Gasteiger partial charge >= 0.3 is 0 Å². The minimum absolute atomic E-state index is 0.543. The highest BCUT2D eigenvalue weighted by Gasteiger charge is 2.25. The zero-order valence-electron chi connectivity index (χ0n) is 13.2. The van der Waals surface area contributed by atoms with Gasteiger partial charge in [-0.25, -0.2) is 4.98 Å². The van der Waals surface area contributed by atoms with Crippen LogP contribution in [0.25, 0.3) is 32.3 Å². The first-order chi connectivity index (χ1) is 12.7. The Labute approximate surface area is 168 Å². The standard InChI is InChI=1S/C20H10Cl2N2S2/c21-14-9-13-17(10-15(14)22)25-16-4-2-1-3-12(16)19-18(13)24-20(26-19)11-5-7-23-8-6-11/h1-10H. The Hall–Kier alpha value is -1.85. The number of nitrogens with zero attached hydrogens (tertiary/aromatic N) is 2. The molecule has 0 spiro atoms. The normalized spacial score (nSPS) is 12.1. The van der Waals surface area contributed by atoms with Crippen molar-refractivity contribution >= 4 is 46.3 Å². The van der Waals surface area contributed by atoms with Gasteiger partial charge in [0.05, 0.1) is 20.6 Å². The molecular formula is C20H10Cl2N2S2. The quantitative estimate of drug-likeness (QED) is 0.288. The lowest BCUT2D eigenvalue weighted by Gasteiger charge is -2.07. The summed E-state index contributed by atoms with van der Waals surface area (Å²) in [6.07, 6.45) is 3.58. The third-order valence-corrected chi connectivity index (χ3v) is 7.18. The maximum atomic E-state index is 6.33. The first-order valence-electron chi connectivity index (χ1n) is 7.88. The van der Waals surface area contributed by atoms with Crippen molar-refractivity contribution in [1.29, 1.82) is 0 Å². The van der Waals surface area contributed by atoms with E-state index in [1.165, 1.54) is 10.5 Å². The molecule has 2 aromatic heterocycles. The van der Waals surface area contributed by atoms with Gasteiger partial charge in [0.1, 0.15) is 5.01 Å².